The van der Waals surface area contributed by atoms with Gasteiger partial charge in [0.05, 0.1) is 33.1 Å². The maximum Gasteiger partial charge on any atom is 0.138 e. The minimum absolute atomic E-state index is 0.843. The van der Waals surface area contributed by atoms with E-state index in [2.05, 4.69) is 94.7 Å². The molecule has 0 fully saturated rings. The SMILES string of the molecule is CCCCc1nc2ccc(-c3nc4ccc(-c5nc6ccc(-c7ccccc7)cc6[nH]5)cc4[nH]3)cc2[nH]1. The minimum Gasteiger partial charge on any atom is -0.342 e. The largest absolute Gasteiger partial charge is 0.342 e. The summed E-state index contributed by atoms with van der Waals surface area (Å²) in [5.74, 6) is 2.73. The second-order valence-corrected chi connectivity index (χ2v) is 9.52. The summed E-state index contributed by atoms with van der Waals surface area (Å²) in [6, 6.07) is 29.2. The van der Waals surface area contributed by atoms with Crippen LogP contribution in [0.25, 0.3) is 67.0 Å². The molecule has 3 heterocycles. The quantitative estimate of drug-likeness (QED) is 0.227. The molecule has 7 rings (SSSR count). The Hall–Kier alpha value is -4.71. The predicted molar refractivity (Wildman–Crippen MR) is 150 cm³/mol. The zero-order valence-corrected chi connectivity index (χ0v) is 20.5. The Labute approximate surface area is 213 Å². The zero-order valence-electron chi connectivity index (χ0n) is 20.5. The van der Waals surface area contributed by atoms with Crippen LogP contribution < -0.4 is 0 Å². The maximum atomic E-state index is 4.85. The molecular formula is C31H26N6. The number of hydrogen-bond donors (Lipinski definition) is 3. The first-order valence-electron chi connectivity index (χ1n) is 12.8. The van der Waals surface area contributed by atoms with Crippen LogP contribution >= 0.6 is 0 Å². The number of aromatic nitrogens is 6. The average molecular weight is 483 g/mol. The number of fused-ring (bicyclic) bond motifs is 3. The molecule has 0 amide bonds. The van der Waals surface area contributed by atoms with Crippen LogP contribution in [0.3, 0.4) is 0 Å². The fourth-order valence-corrected chi connectivity index (χ4v) is 4.92. The summed E-state index contributed by atoms with van der Waals surface area (Å²) < 4.78 is 0. The molecular weight excluding hydrogens is 456 g/mol. The van der Waals surface area contributed by atoms with E-state index >= 15 is 0 Å². The van der Waals surface area contributed by atoms with E-state index in [0.29, 0.717) is 0 Å². The van der Waals surface area contributed by atoms with Gasteiger partial charge < -0.3 is 15.0 Å². The maximum absolute atomic E-state index is 4.85. The van der Waals surface area contributed by atoms with Crippen molar-refractivity contribution in [3.63, 3.8) is 0 Å². The summed E-state index contributed by atoms with van der Waals surface area (Å²) in [6.07, 6.45) is 3.27. The third kappa shape index (κ3) is 3.96. The van der Waals surface area contributed by atoms with Gasteiger partial charge in [0.2, 0.25) is 0 Å². The highest BCUT2D eigenvalue weighted by Gasteiger charge is 2.12. The Morgan fingerprint density at radius 2 is 1.08 bits per heavy atom. The second kappa shape index (κ2) is 8.75. The zero-order chi connectivity index (χ0) is 24.8. The number of aryl methyl sites for hydroxylation is 1. The lowest BCUT2D eigenvalue weighted by Gasteiger charge is -2.00. The van der Waals surface area contributed by atoms with Crippen molar-refractivity contribution < 1.29 is 0 Å². The van der Waals surface area contributed by atoms with Crippen LogP contribution in [0.2, 0.25) is 0 Å². The van der Waals surface area contributed by atoms with E-state index in [4.69, 9.17) is 15.0 Å². The van der Waals surface area contributed by atoms with Gasteiger partial charge in [0.15, 0.2) is 0 Å². The van der Waals surface area contributed by atoms with Crippen LogP contribution in [0.1, 0.15) is 25.6 Å². The highest BCUT2D eigenvalue weighted by atomic mass is 14.9. The Kier molecular flexibility index (Phi) is 5.10. The number of unbranched alkanes of at least 4 members (excludes halogenated alkanes) is 1. The highest BCUT2D eigenvalue weighted by molar-refractivity contribution is 5.88. The number of rotatable bonds is 6. The molecule has 0 unspecified atom stereocenters. The molecule has 6 nitrogen and oxygen atoms in total. The predicted octanol–water partition coefficient (Wildman–Crippen LogP) is 7.66. The van der Waals surface area contributed by atoms with Gasteiger partial charge in [0, 0.05) is 17.5 Å². The molecule has 0 atom stereocenters. The molecule has 0 radical (unpaired) electrons. The van der Waals surface area contributed by atoms with Crippen LogP contribution in [-0.2, 0) is 6.42 Å². The molecule has 3 aromatic heterocycles. The van der Waals surface area contributed by atoms with Crippen LogP contribution in [0, 0.1) is 0 Å². The van der Waals surface area contributed by atoms with E-state index in [-0.39, 0.29) is 0 Å². The Morgan fingerprint density at radius 3 is 1.70 bits per heavy atom. The van der Waals surface area contributed by atoms with Crippen molar-refractivity contribution in [2.45, 2.75) is 26.2 Å². The number of aromatic amines is 3. The molecule has 6 heteroatoms. The van der Waals surface area contributed by atoms with Crippen molar-refractivity contribution >= 4 is 33.1 Å². The lowest BCUT2D eigenvalue weighted by Crippen LogP contribution is -1.86. The van der Waals surface area contributed by atoms with Gasteiger partial charge in [0.1, 0.15) is 17.5 Å². The van der Waals surface area contributed by atoms with Crippen LogP contribution in [0.15, 0.2) is 84.9 Å². The van der Waals surface area contributed by atoms with Crippen molar-refractivity contribution in [1.82, 2.24) is 29.9 Å². The van der Waals surface area contributed by atoms with Crippen LogP contribution in [-0.4, -0.2) is 29.9 Å². The molecule has 0 aliphatic carbocycles. The number of nitrogens with zero attached hydrogens (tertiary/aromatic N) is 3. The monoisotopic (exact) mass is 482 g/mol. The molecule has 0 saturated carbocycles. The average Bonchev–Trinajstić information content (AvgIpc) is 3.67. The Morgan fingerprint density at radius 1 is 0.541 bits per heavy atom. The fourth-order valence-electron chi connectivity index (χ4n) is 4.92. The lowest BCUT2D eigenvalue weighted by molar-refractivity contribution is 0.765. The lowest BCUT2D eigenvalue weighted by atomic mass is 10.1. The Bertz CT molecular complexity index is 1870. The van der Waals surface area contributed by atoms with Gasteiger partial charge in [-0.05, 0) is 66.1 Å². The van der Waals surface area contributed by atoms with Crippen molar-refractivity contribution in [3.05, 3.63) is 90.8 Å². The van der Waals surface area contributed by atoms with E-state index in [1.165, 1.54) is 11.1 Å². The molecule has 0 aliphatic rings. The van der Waals surface area contributed by atoms with Crippen molar-refractivity contribution in [2.24, 2.45) is 0 Å². The van der Waals surface area contributed by atoms with E-state index < -0.39 is 0 Å². The van der Waals surface area contributed by atoms with Crippen molar-refractivity contribution in [3.8, 4) is 33.9 Å². The first-order chi connectivity index (χ1) is 18.2. The molecule has 37 heavy (non-hydrogen) atoms. The molecule has 0 saturated heterocycles. The summed E-state index contributed by atoms with van der Waals surface area (Å²) >= 11 is 0. The number of H-pyrrole nitrogens is 3. The summed E-state index contributed by atoms with van der Waals surface area (Å²) in [5.41, 5.74) is 10.3. The van der Waals surface area contributed by atoms with E-state index in [0.717, 1.165) is 81.0 Å². The van der Waals surface area contributed by atoms with E-state index in [1.54, 1.807) is 0 Å². The van der Waals surface area contributed by atoms with E-state index in [9.17, 15) is 0 Å². The molecule has 180 valence electrons. The standard InChI is InChI=1S/C31H26N6/c1-2-3-9-29-32-23-14-11-21(17-26(23)33-29)30-35-25-15-12-22(18-28(25)37-30)31-34-24-13-10-20(16-27(24)36-31)19-7-5-4-6-8-19/h4-8,10-18H,2-3,9H2,1H3,(H,32,33)(H,34,36)(H,35,37). The van der Waals surface area contributed by atoms with Gasteiger partial charge in [-0.15, -0.1) is 0 Å². The third-order valence-electron chi connectivity index (χ3n) is 6.92. The summed E-state index contributed by atoms with van der Waals surface area (Å²) in [7, 11) is 0. The number of imidazole rings is 3. The van der Waals surface area contributed by atoms with Gasteiger partial charge >= 0.3 is 0 Å². The fraction of sp³-hybridized carbons (Fsp3) is 0.129. The van der Waals surface area contributed by atoms with Crippen LogP contribution in [0.5, 0.6) is 0 Å². The molecule has 0 aliphatic heterocycles. The Balaban J connectivity index is 1.21. The molecule has 0 spiro atoms. The second-order valence-electron chi connectivity index (χ2n) is 9.52. The normalized spacial score (nSPS) is 11.7. The highest BCUT2D eigenvalue weighted by Crippen LogP contribution is 2.29. The van der Waals surface area contributed by atoms with Gasteiger partial charge in [-0.3, -0.25) is 0 Å². The third-order valence-corrected chi connectivity index (χ3v) is 6.92. The summed E-state index contributed by atoms with van der Waals surface area (Å²) in [5, 5.41) is 0. The van der Waals surface area contributed by atoms with Crippen molar-refractivity contribution in [1.29, 1.82) is 0 Å². The topological polar surface area (TPSA) is 86.0 Å². The van der Waals surface area contributed by atoms with Gasteiger partial charge in [-0.25, -0.2) is 15.0 Å². The first kappa shape index (κ1) is 21.6. The minimum atomic E-state index is 0.843. The smallest absolute Gasteiger partial charge is 0.138 e. The number of benzene rings is 4. The first-order valence-corrected chi connectivity index (χ1v) is 12.8. The molecule has 7 aromatic rings. The summed E-state index contributed by atoms with van der Waals surface area (Å²) in [4.78, 5) is 24.9. The molecule has 0 bridgehead atoms. The van der Waals surface area contributed by atoms with Gasteiger partial charge in [-0.1, -0.05) is 49.7 Å². The summed E-state index contributed by atoms with van der Waals surface area (Å²) in [6.45, 7) is 2.20. The van der Waals surface area contributed by atoms with E-state index in [1.807, 2.05) is 12.1 Å². The molecule has 4 aromatic carbocycles. The number of hydrogen-bond acceptors (Lipinski definition) is 3. The molecule has 3 N–H and O–H groups in total. The van der Waals surface area contributed by atoms with Gasteiger partial charge in [-0.2, -0.15) is 0 Å². The van der Waals surface area contributed by atoms with Gasteiger partial charge in [0.25, 0.3) is 0 Å². The number of nitrogens with one attached hydrogen (secondary N) is 3. The van der Waals surface area contributed by atoms with Crippen LogP contribution in [0.4, 0.5) is 0 Å². The van der Waals surface area contributed by atoms with Crippen molar-refractivity contribution in [2.75, 3.05) is 0 Å².